The Kier molecular flexibility index (Phi) is 7.03. The van der Waals surface area contributed by atoms with E-state index < -0.39 is 5.97 Å². The SMILES string of the molecule is Cc1ccccc1C(=O)NCc1nnc(SCC(=O)Nc2ccc(C(=O)O)cc2)n1C. The zero-order valence-electron chi connectivity index (χ0n) is 17.0. The number of carbonyl (C=O) groups excluding carboxylic acids is 2. The minimum absolute atomic E-state index is 0.0994. The van der Waals surface area contributed by atoms with E-state index in [2.05, 4.69) is 20.8 Å². The molecule has 10 heteroatoms. The molecule has 2 amide bonds. The van der Waals surface area contributed by atoms with Gasteiger partial charge in [0.25, 0.3) is 5.91 Å². The van der Waals surface area contributed by atoms with Gasteiger partial charge in [0.1, 0.15) is 0 Å². The predicted octanol–water partition coefficient (Wildman–Crippen LogP) is 2.48. The van der Waals surface area contributed by atoms with Crippen molar-refractivity contribution < 1.29 is 19.5 Å². The molecule has 0 saturated carbocycles. The van der Waals surface area contributed by atoms with Crippen molar-refractivity contribution in [1.82, 2.24) is 20.1 Å². The molecule has 0 atom stereocenters. The fourth-order valence-electron chi connectivity index (χ4n) is 2.73. The lowest BCUT2D eigenvalue weighted by Crippen LogP contribution is -2.25. The van der Waals surface area contributed by atoms with Gasteiger partial charge in [-0.25, -0.2) is 4.79 Å². The van der Waals surface area contributed by atoms with Gasteiger partial charge in [-0.3, -0.25) is 9.59 Å². The fourth-order valence-corrected chi connectivity index (χ4v) is 3.46. The highest BCUT2D eigenvalue weighted by Crippen LogP contribution is 2.17. The van der Waals surface area contributed by atoms with Gasteiger partial charge in [0, 0.05) is 18.3 Å². The van der Waals surface area contributed by atoms with E-state index >= 15 is 0 Å². The molecule has 2 aromatic carbocycles. The Morgan fingerprint density at radius 3 is 2.45 bits per heavy atom. The first-order valence-electron chi connectivity index (χ1n) is 9.33. The van der Waals surface area contributed by atoms with Crippen molar-refractivity contribution in [2.75, 3.05) is 11.1 Å². The first-order chi connectivity index (χ1) is 14.8. The van der Waals surface area contributed by atoms with Gasteiger partial charge in [-0.05, 0) is 42.8 Å². The molecule has 0 bridgehead atoms. The maximum atomic E-state index is 12.3. The lowest BCUT2D eigenvalue weighted by atomic mass is 10.1. The van der Waals surface area contributed by atoms with E-state index in [0.29, 0.717) is 22.2 Å². The summed E-state index contributed by atoms with van der Waals surface area (Å²) < 4.78 is 1.72. The van der Waals surface area contributed by atoms with E-state index in [1.54, 1.807) is 17.7 Å². The van der Waals surface area contributed by atoms with E-state index in [1.807, 2.05) is 25.1 Å². The van der Waals surface area contributed by atoms with Gasteiger partial charge < -0.3 is 20.3 Å². The number of carboxylic acid groups (broad SMARTS) is 1. The third-order valence-corrected chi connectivity index (χ3v) is 5.49. The molecule has 1 aromatic heterocycles. The number of benzene rings is 2. The molecular weight excluding hydrogens is 418 g/mol. The average molecular weight is 439 g/mol. The molecule has 31 heavy (non-hydrogen) atoms. The highest BCUT2D eigenvalue weighted by atomic mass is 32.2. The third kappa shape index (κ3) is 5.70. The number of carboxylic acids is 1. The van der Waals surface area contributed by atoms with Crippen molar-refractivity contribution in [1.29, 1.82) is 0 Å². The summed E-state index contributed by atoms with van der Waals surface area (Å²) in [6.07, 6.45) is 0. The minimum Gasteiger partial charge on any atom is -0.478 e. The lowest BCUT2D eigenvalue weighted by Gasteiger charge is -2.08. The van der Waals surface area contributed by atoms with Crippen LogP contribution in [0.15, 0.2) is 53.7 Å². The molecule has 0 aliphatic rings. The Morgan fingerprint density at radius 1 is 1.06 bits per heavy atom. The highest BCUT2D eigenvalue weighted by molar-refractivity contribution is 7.99. The smallest absolute Gasteiger partial charge is 0.335 e. The van der Waals surface area contributed by atoms with Gasteiger partial charge in [0.2, 0.25) is 5.91 Å². The molecule has 0 radical (unpaired) electrons. The maximum Gasteiger partial charge on any atom is 0.335 e. The number of amides is 2. The zero-order chi connectivity index (χ0) is 22.4. The molecule has 1 heterocycles. The summed E-state index contributed by atoms with van der Waals surface area (Å²) in [6, 6.07) is 13.2. The molecule has 0 unspecified atom stereocenters. The predicted molar refractivity (Wildman–Crippen MR) is 116 cm³/mol. The van der Waals surface area contributed by atoms with Crippen LogP contribution in [-0.4, -0.2) is 43.4 Å². The number of nitrogens with one attached hydrogen (secondary N) is 2. The van der Waals surface area contributed by atoms with Crippen molar-refractivity contribution in [3.63, 3.8) is 0 Å². The highest BCUT2D eigenvalue weighted by Gasteiger charge is 2.14. The number of rotatable bonds is 8. The van der Waals surface area contributed by atoms with Gasteiger partial charge in [0.15, 0.2) is 11.0 Å². The Hall–Kier alpha value is -3.66. The van der Waals surface area contributed by atoms with Gasteiger partial charge in [-0.2, -0.15) is 0 Å². The van der Waals surface area contributed by atoms with Crippen molar-refractivity contribution in [3.8, 4) is 0 Å². The van der Waals surface area contributed by atoms with Crippen LogP contribution < -0.4 is 10.6 Å². The molecule has 0 aliphatic heterocycles. The van der Waals surface area contributed by atoms with E-state index in [1.165, 1.54) is 36.0 Å². The summed E-state index contributed by atoms with van der Waals surface area (Å²) in [5.41, 5.74) is 2.15. The Bertz CT molecular complexity index is 1110. The van der Waals surface area contributed by atoms with Crippen LogP contribution in [0.25, 0.3) is 0 Å². The monoisotopic (exact) mass is 439 g/mol. The summed E-state index contributed by atoms with van der Waals surface area (Å²) >= 11 is 1.21. The van der Waals surface area contributed by atoms with E-state index in [-0.39, 0.29) is 29.7 Å². The second-order valence-corrected chi connectivity index (χ2v) is 7.62. The number of aromatic carboxylic acids is 1. The summed E-state index contributed by atoms with van der Waals surface area (Å²) in [7, 11) is 1.76. The van der Waals surface area contributed by atoms with Crippen LogP contribution >= 0.6 is 11.8 Å². The Labute approximate surface area is 182 Å². The first-order valence-corrected chi connectivity index (χ1v) is 10.3. The van der Waals surface area contributed by atoms with Crippen molar-refractivity contribution in [2.24, 2.45) is 7.05 Å². The summed E-state index contributed by atoms with van der Waals surface area (Å²) in [5.74, 6) is -0.813. The quantitative estimate of drug-likeness (QED) is 0.460. The van der Waals surface area contributed by atoms with Crippen LogP contribution in [-0.2, 0) is 18.4 Å². The normalized spacial score (nSPS) is 10.5. The number of nitrogens with zero attached hydrogens (tertiary/aromatic N) is 3. The number of aromatic nitrogens is 3. The summed E-state index contributed by atoms with van der Waals surface area (Å²) in [6.45, 7) is 2.08. The lowest BCUT2D eigenvalue weighted by molar-refractivity contribution is -0.113. The molecule has 0 aliphatic carbocycles. The van der Waals surface area contributed by atoms with Crippen molar-refractivity contribution >= 4 is 35.2 Å². The molecule has 0 spiro atoms. The Balaban J connectivity index is 1.51. The van der Waals surface area contributed by atoms with Gasteiger partial charge in [0.05, 0.1) is 17.9 Å². The molecule has 0 saturated heterocycles. The molecule has 3 aromatic rings. The molecular formula is C21H21N5O4S. The standard InChI is InChI=1S/C21H21N5O4S/c1-13-5-3-4-6-16(13)19(28)22-11-17-24-25-21(26(17)2)31-12-18(27)23-15-9-7-14(8-10-15)20(29)30/h3-10H,11-12H2,1-2H3,(H,22,28)(H,23,27)(H,29,30). The second-order valence-electron chi connectivity index (χ2n) is 6.67. The molecule has 160 valence electrons. The van der Waals surface area contributed by atoms with Crippen LogP contribution in [0.1, 0.15) is 32.1 Å². The number of hydrogen-bond acceptors (Lipinski definition) is 6. The minimum atomic E-state index is -1.03. The van der Waals surface area contributed by atoms with Crippen LogP contribution in [0.4, 0.5) is 5.69 Å². The molecule has 9 nitrogen and oxygen atoms in total. The molecule has 0 fully saturated rings. The van der Waals surface area contributed by atoms with Crippen molar-refractivity contribution in [3.05, 3.63) is 71.0 Å². The number of aryl methyl sites for hydroxylation is 1. The number of anilines is 1. The van der Waals surface area contributed by atoms with Gasteiger partial charge in [-0.1, -0.05) is 30.0 Å². The van der Waals surface area contributed by atoms with Gasteiger partial charge in [-0.15, -0.1) is 10.2 Å². The maximum absolute atomic E-state index is 12.3. The van der Waals surface area contributed by atoms with E-state index in [9.17, 15) is 14.4 Å². The number of hydrogen-bond donors (Lipinski definition) is 3. The Morgan fingerprint density at radius 2 is 1.77 bits per heavy atom. The number of thioether (sulfide) groups is 1. The second kappa shape index (κ2) is 9.90. The van der Waals surface area contributed by atoms with Crippen LogP contribution in [0.5, 0.6) is 0 Å². The van der Waals surface area contributed by atoms with E-state index in [0.717, 1.165) is 5.56 Å². The molecule has 3 rings (SSSR count). The topological polar surface area (TPSA) is 126 Å². The van der Waals surface area contributed by atoms with E-state index in [4.69, 9.17) is 5.11 Å². The first kappa shape index (κ1) is 22.0. The van der Waals surface area contributed by atoms with Crippen molar-refractivity contribution in [2.45, 2.75) is 18.6 Å². The zero-order valence-corrected chi connectivity index (χ0v) is 17.8. The summed E-state index contributed by atoms with van der Waals surface area (Å²) in [4.78, 5) is 35.4. The van der Waals surface area contributed by atoms with Crippen LogP contribution in [0.2, 0.25) is 0 Å². The third-order valence-electron chi connectivity index (χ3n) is 4.47. The van der Waals surface area contributed by atoms with Gasteiger partial charge >= 0.3 is 5.97 Å². The summed E-state index contributed by atoms with van der Waals surface area (Å²) in [5, 5.41) is 23.1. The number of carbonyl (C=O) groups is 3. The largest absolute Gasteiger partial charge is 0.478 e. The molecule has 3 N–H and O–H groups in total. The fraction of sp³-hybridized carbons (Fsp3) is 0.190. The average Bonchev–Trinajstić information content (AvgIpc) is 3.10. The van der Waals surface area contributed by atoms with Crippen LogP contribution in [0.3, 0.4) is 0 Å². The van der Waals surface area contributed by atoms with Crippen LogP contribution in [0, 0.1) is 6.92 Å².